The lowest BCUT2D eigenvalue weighted by molar-refractivity contribution is 0.0997. The largest absolute Gasteiger partial charge is 0.451 e. The number of nitrogens with zero attached hydrogens (tertiary/aromatic N) is 1. The second-order valence-corrected chi connectivity index (χ2v) is 6.95. The van der Waals surface area contributed by atoms with Gasteiger partial charge in [-0.25, -0.2) is 4.98 Å². The molecule has 2 aromatic carbocycles. The minimum atomic E-state index is -0.490. The van der Waals surface area contributed by atoms with E-state index >= 15 is 0 Å². The van der Waals surface area contributed by atoms with Gasteiger partial charge in [-0.15, -0.1) is 0 Å². The Morgan fingerprint density at radius 1 is 1.08 bits per heavy atom. The number of thiazole rings is 1. The molecule has 0 saturated heterocycles. The molecule has 0 radical (unpaired) electrons. The molecule has 2 aromatic heterocycles. The molecule has 4 aromatic rings. The molecule has 2 heterocycles. The Morgan fingerprint density at radius 2 is 1.84 bits per heavy atom. The number of anilines is 1. The fourth-order valence-electron chi connectivity index (χ4n) is 2.62. The van der Waals surface area contributed by atoms with Crippen LogP contribution < -0.4 is 10.7 Å². The lowest BCUT2D eigenvalue weighted by Gasteiger charge is -2.03. The van der Waals surface area contributed by atoms with Gasteiger partial charge in [-0.2, -0.15) is 0 Å². The Hall–Kier alpha value is -2.99. The van der Waals surface area contributed by atoms with Crippen LogP contribution in [0.1, 0.15) is 21.7 Å². The minimum Gasteiger partial charge on any atom is -0.451 e. The van der Waals surface area contributed by atoms with E-state index in [0.29, 0.717) is 16.1 Å². The van der Waals surface area contributed by atoms with Crippen LogP contribution in [0.25, 0.3) is 21.2 Å². The standard InChI is InChI=1S/C19H14N2O3S/c1-10-3-5-12-14(22)9-16(24-15(12)7-10)18(23)21-19-20-13-6-4-11(2)8-17(13)25-19/h3-9H,1-2H3,(H,20,21,23). The molecule has 124 valence electrons. The van der Waals surface area contributed by atoms with Crippen molar-refractivity contribution in [1.29, 1.82) is 0 Å². The quantitative estimate of drug-likeness (QED) is 0.586. The number of aryl methyl sites for hydroxylation is 2. The molecule has 0 aliphatic carbocycles. The summed E-state index contributed by atoms with van der Waals surface area (Å²) in [6.07, 6.45) is 0. The summed E-state index contributed by atoms with van der Waals surface area (Å²) in [4.78, 5) is 29.0. The van der Waals surface area contributed by atoms with E-state index in [2.05, 4.69) is 10.3 Å². The van der Waals surface area contributed by atoms with Crippen LogP contribution in [0.5, 0.6) is 0 Å². The molecule has 0 fully saturated rings. The van der Waals surface area contributed by atoms with Gasteiger partial charge in [-0.05, 0) is 49.2 Å². The lowest BCUT2D eigenvalue weighted by Crippen LogP contribution is -2.14. The van der Waals surface area contributed by atoms with E-state index in [4.69, 9.17) is 4.42 Å². The van der Waals surface area contributed by atoms with E-state index in [9.17, 15) is 9.59 Å². The van der Waals surface area contributed by atoms with Gasteiger partial charge in [0.2, 0.25) is 0 Å². The maximum Gasteiger partial charge on any atom is 0.293 e. The SMILES string of the molecule is Cc1ccc2c(=O)cc(C(=O)Nc3nc4ccc(C)cc4s3)oc2c1. The summed E-state index contributed by atoms with van der Waals surface area (Å²) in [6, 6.07) is 12.4. The Kier molecular flexibility index (Phi) is 3.62. The summed E-state index contributed by atoms with van der Waals surface area (Å²) in [5.74, 6) is -0.519. The molecule has 1 amide bonds. The summed E-state index contributed by atoms with van der Waals surface area (Å²) >= 11 is 1.38. The summed E-state index contributed by atoms with van der Waals surface area (Å²) in [6.45, 7) is 3.90. The number of rotatable bonds is 2. The van der Waals surface area contributed by atoms with Gasteiger partial charge in [-0.1, -0.05) is 23.5 Å². The first-order valence-electron chi connectivity index (χ1n) is 7.73. The van der Waals surface area contributed by atoms with E-state index in [1.807, 2.05) is 38.1 Å². The number of aromatic nitrogens is 1. The molecule has 0 bridgehead atoms. The van der Waals surface area contributed by atoms with Gasteiger partial charge in [-0.3, -0.25) is 14.9 Å². The number of hydrogen-bond acceptors (Lipinski definition) is 5. The first-order chi connectivity index (χ1) is 12.0. The van der Waals surface area contributed by atoms with Crippen molar-refractivity contribution in [1.82, 2.24) is 4.98 Å². The molecule has 5 nitrogen and oxygen atoms in total. The number of amides is 1. The molecule has 0 aliphatic rings. The van der Waals surface area contributed by atoms with E-state index in [1.165, 1.54) is 17.4 Å². The van der Waals surface area contributed by atoms with E-state index in [0.717, 1.165) is 21.3 Å². The highest BCUT2D eigenvalue weighted by Crippen LogP contribution is 2.27. The monoisotopic (exact) mass is 350 g/mol. The fourth-order valence-corrected chi connectivity index (χ4v) is 3.58. The van der Waals surface area contributed by atoms with Crippen LogP contribution in [0.4, 0.5) is 5.13 Å². The third kappa shape index (κ3) is 2.92. The maximum absolute atomic E-state index is 12.5. The van der Waals surface area contributed by atoms with Gasteiger partial charge in [0.1, 0.15) is 5.58 Å². The molecule has 0 saturated carbocycles. The van der Waals surface area contributed by atoms with Crippen molar-refractivity contribution in [3.05, 3.63) is 69.6 Å². The summed E-state index contributed by atoms with van der Waals surface area (Å²) in [7, 11) is 0. The molecule has 0 spiro atoms. The predicted molar refractivity (Wildman–Crippen MR) is 99.5 cm³/mol. The van der Waals surface area contributed by atoms with Crippen molar-refractivity contribution in [3.8, 4) is 0 Å². The van der Waals surface area contributed by atoms with Gasteiger partial charge in [0.05, 0.1) is 15.6 Å². The second-order valence-electron chi connectivity index (χ2n) is 5.92. The molecule has 25 heavy (non-hydrogen) atoms. The van der Waals surface area contributed by atoms with Crippen molar-refractivity contribution < 1.29 is 9.21 Å². The van der Waals surface area contributed by atoms with Crippen LogP contribution in [0.15, 0.2) is 51.7 Å². The first kappa shape index (κ1) is 15.5. The highest BCUT2D eigenvalue weighted by atomic mass is 32.1. The third-order valence-electron chi connectivity index (χ3n) is 3.87. The third-order valence-corrected chi connectivity index (χ3v) is 4.81. The molecule has 0 aliphatic heterocycles. The minimum absolute atomic E-state index is 0.0291. The first-order valence-corrected chi connectivity index (χ1v) is 8.54. The van der Waals surface area contributed by atoms with Gasteiger partial charge >= 0.3 is 0 Å². The molecular formula is C19H14N2O3S. The molecule has 0 atom stereocenters. The van der Waals surface area contributed by atoms with Crippen molar-refractivity contribution in [3.63, 3.8) is 0 Å². The number of benzene rings is 2. The van der Waals surface area contributed by atoms with Gasteiger partial charge in [0.25, 0.3) is 5.91 Å². The van der Waals surface area contributed by atoms with Crippen LogP contribution in [0, 0.1) is 13.8 Å². The van der Waals surface area contributed by atoms with E-state index < -0.39 is 5.91 Å². The lowest BCUT2D eigenvalue weighted by atomic mass is 10.1. The maximum atomic E-state index is 12.5. The highest BCUT2D eigenvalue weighted by Gasteiger charge is 2.15. The van der Waals surface area contributed by atoms with Crippen LogP contribution in [-0.4, -0.2) is 10.9 Å². The fraction of sp³-hybridized carbons (Fsp3) is 0.105. The van der Waals surface area contributed by atoms with Crippen LogP contribution >= 0.6 is 11.3 Å². The molecule has 4 rings (SSSR count). The Morgan fingerprint density at radius 3 is 2.68 bits per heavy atom. The highest BCUT2D eigenvalue weighted by molar-refractivity contribution is 7.22. The summed E-state index contributed by atoms with van der Waals surface area (Å²) in [5, 5.41) is 3.64. The second kappa shape index (κ2) is 5.82. The molecule has 1 N–H and O–H groups in total. The predicted octanol–water partition coefficient (Wildman–Crippen LogP) is 4.27. The number of nitrogens with one attached hydrogen (secondary N) is 1. The Bertz CT molecular complexity index is 1190. The summed E-state index contributed by atoms with van der Waals surface area (Å²) < 4.78 is 6.61. The normalized spacial score (nSPS) is 11.1. The number of hydrogen-bond donors (Lipinski definition) is 1. The van der Waals surface area contributed by atoms with E-state index in [1.54, 1.807) is 12.1 Å². The average Bonchev–Trinajstić information content (AvgIpc) is 2.95. The van der Waals surface area contributed by atoms with Crippen molar-refractivity contribution in [2.24, 2.45) is 0 Å². The summed E-state index contributed by atoms with van der Waals surface area (Å²) in [5.41, 5.74) is 3.06. The zero-order valence-corrected chi connectivity index (χ0v) is 14.4. The van der Waals surface area contributed by atoms with Crippen molar-refractivity contribution in [2.45, 2.75) is 13.8 Å². The number of carbonyl (C=O) groups is 1. The van der Waals surface area contributed by atoms with Gasteiger partial charge < -0.3 is 4.42 Å². The van der Waals surface area contributed by atoms with E-state index in [-0.39, 0.29) is 11.2 Å². The zero-order chi connectivity index (χ0) is 17.6. The smallest absolute Gasteiger partial charge is 0.293 e. The van der Waals surface area contributed by atoms with Crippen LogP contribution in [0.3, 0.4) is 0 Å². The number of carbonyl (C=O) groups excluding carboxylic acids is 1. The topological polar surface area (TPSA) is 72.2 Å². The Labute approximate surface area is 146 Å². The van der Waals surface area contributed by atoms with Gasteiger partial charge in [0, 0.05) is 6.07 Å². The van der Waals surface area contributed by atoms with Crippen molar-refractivity contribution >= 4 is 43.6 Å². The van der Waals surface area contributed by atoms with Crippen LogP contribution in [-0.2, 0) is 0 Å². The average molecular weight is 350 g/mol. The zero-order valence-electron chi connectivity index (χ0n) is 13.6. The van der Waals surface area contributed by atoms with Crippen LogP contribution in [0.2, 0.25) is 0 Å². The van der Waals surface area contributed by atoms with Gasteiger partial charge in [0.15, 0.2) is 16.3 Å². The Balaban J connectivity index is 1.70. The number of fused-ring (bicyclic) bond motifs is 2. The molecular weight excluding hydrogens is 336 g/mol. The molecule has 6 heteroatoms. The molecule has 0 unspecified atom stereocenters. The van der Waals surface area contributed by atoms with Crippen molar-refractivity contribution in [2.75, 3.05) is 5.32 Å².